The largest absolute Gasteiger partial charge is 0.497 e. The number of amides is 1. The number of anilines is 1. The number of methoxy groups -OCH3 is 1. The van der Waals surface area contributed by atoms with Gasteiger partial charge in [-0.1, -0.05) is 23.5 Å². The van der Waals surface area contributed by atoms with Crippen LogP contribution in [0.3, 0.4) is 0 Å². The Balaban J connectivity index is 1.68. The quantitative estimate of drug-likeness (QED) is 0.449. The van der Waals surface area contributed by atoms with Crippen LogP contribution in [0, 0.1) is 13.8 Å². The van der Waals surface area contributed by atoms with E-state index in [4.69, 9.17) is 9.72 Å². The number of aryl methyl sites for hydroxylation is 2. The third-order valence-corrected chi connectivity index (χ3v) is 6.16. The van der Waals surface area contributed by atoms with Crippen molar-refractivity contribution in [1.82, 2.24) is 9.38 Å². The molecule has 0 aliphatic heterocycles. The van der Waals surface area contributed by atoms with Gasteiger partial charge in [0, 0.05) is 29.7 Å². The molecule has 4 aromatic rings. The van der Waals surface area contributed by atoms with E-state index >= 15 is 0 Å². The molecule has 0 saturated carbocycles. The maximum Gasteiger partial charge on any atom is 0.270 e. The Kier molecular flexibility index (Phi) is 5.11. The molecule has 29 heavy (non-hydrogen) atoms. The van der Waals surface area contributed by atoms with Gasteiger partial charge in [0.1, 0.15) is 10.6 Å². The minimum absolute atomic E-state index is 0.0112. The third-order valence-electron chi connectivity index (χ3n) is 5.01. The van der Waals surface area contributed by atoms with Gasteiger partial charge in [-0.15, -0.1) is 0 Å². The van der Waals surface area contributed by atoms with Gasteiger partial charge in [0.2, 0.25) is 0 Å². The van der Waals surface area contributed by atoms with Gasteiger partial charge in [-0.25, -0.2) is 4.98 Å². The van der Waals surface area contributed by atoms with Crippen molar-refractivity contribution in [1.29, 1.82) is 0 Å². The summed E-state index contributed by atoms with van der Waals surface area (Å²) in [5, 5.41) is 0. The Morgan fingerprint density at radius 2 is 1.93 bits per heavy atom. The summed E-state index contributed by atoms with van der Waals surface area (Å²) in [7, 11) is 1.65. The normalized spacial score (nSPS) is 11.0. The summed E-state index contributed by atoms with van der Waals surface area (Å²) in [6.07, 6.45) is 1.99. The van der Waals surface area contributed by atoms with E-state index in [-0.39, 0.29) is 5.91 Å². The first-order valence-corrected chi connectivity index (χ1v) is 10.3. The van der Waals surface area contributed by atoms with Gasteiger partial charge in [-0.05, 0) is 62.7 Å². The molecule has 2 heterocycles. The molecule has 0 bridgehead atoms. The number of carbonyl (C=O) groups excluding carboxylic acids is 1. The van der Waals surface area contributed by atoms with Crippen molar-refractivity contribution in [2.75, 3.05) is 18.6 Å². The number of rotatable bonds is 5. The number of nitrogens with zero attached hydrogens (tertiary/aromatic N) is 3. The van der Waals surface area contributed by atoms with Crippen LogP contribution in [0.5, 0.6) is 5.75 Å². The first-order valence-electron chi connectivity index (χ1n) is 9.53. The summed E-state index contributed by atoms with van der Waals surface area (Å²) in [5.41, 5.74) is 4.86. The first kappa shape index (κ1) is 19.2. The lowest BCUT2D eigenvalue weighted by atomic mass is 10.1. The van der Waals surface area contributed by atoms with Crippen LogP contribution in [0.15, 0.2) is 54.7 Å². The average molecular weight is 406 g/mol. The zero-order valence-electron chi connectivity index (χ0n) is 17.0. The van der Waals surface area contributed by atoms with Crippen molar-refractivity contribution in [2.45, 2.75) is 20.8 Å². The van der Waals surface area contributed by atoms with Crippen molar-refractivity contribution in [3.8, 4) is 17.0 Å². The van der Waals surface area contributed by atoms with Crippen LogP contribution < -0.4 is 9.64 Å². The van der Waals surface area contributed by atoms with Crippen LogP contribution in [-0.2, 0) is 0 Å². The highest BCUT2D eigenvalue weighted by Gasteiger charge is 2.23. The fraction of sp³-hybridized carbons (Fsp3) is 0.217. The minimum atomic E-state index is 0.0112. The van der Waals surface area contributed by atoms with Crippen LogP contribution in [0.2, 0.25) is 0 Å². The molecular formula is C23H23N3O2S. The average Bonchev–Trinajstić information content (AvgIpc) is 3.28. The molecule has 148 valence electrons. The van der Waals surface area contributed by atoms with Gasteiger partial charge in [0.15, 0.2) is 4.96 Å². The van der Waals surface area contributed by atoms with E-state index in [2.05, 4.69) is 0 Å². The van der Waals surface area contributed by atoms with E-state index in [9.17, 15) is 4.79 Å². The Labute approximate surface area is 174 Å². The van der Waals surface area contributed by atoms with Gasteiger partial charge in [-0.3, -0.25) is 9.20 Å². The second-order valence-electron chi connectivity index (χ2n) is 6.91. The van der Waals surface area contributed by atoms with Gasteiger partial charge in [-0.2, -0.15) is 0 Å². The standard InChI is InChI=1S/C23H23N3O2S/c1-5-25(18-8-6-7-15(2)13-18)22(27)21-16(3)26-14-20(24-23(26)29-21)17-9-11-19(28-4)12-10-17/h6-14H,5H2,1-4H3. The number of hydrogen-bond acceptors (Lipinski definition) is 4. The van der Waals surface area contributed by atoms with Crippen LogP contribution in [0.1, 0.15) is 27.9 Å². The molecule has 0 radical (unpaired) electrons. The Hall–Kier alpha value is -3.12. The summed E-state index contributed by atoms with van der Waals surface area (Å²) in [5.74, 6) is 0.826. The molecule has 0 atom stereocenters. The van der Waals surface area contributed by atoms with Crippen LogP contribution in [-0.4, -0.2) is 28.9 Å². The first-order chi connectivity index (χ1) is 14.0. The molecule has 6 heteroatoms. The molecule has 0 saturated heterocycles. The topological polar surface area (TPSA) is 46.8 Å². The van der Waals surface area contributed by atoms with E-state index in [1.165, 1.54) is 11.3 Å². The van der Waals surface area contributed by atoms with Crippen molar-refractivity contribution < 1.29 is 9.53 Å². The summed E-state index contributed by atoms with van der Waals surface area (Å²) in [6, 6.07) is 15.9. The van der Waals surface area contributed by atoms with E-state index < -0.39 is 0 Å². The molecule has 0 N–H and O–H groups in total. The van der Waals surface area contributed by atoms with Crippen molar-refractivity contribution in [2.24, 2.45) is 0 Å². The van der Waals surface area contributed by atoms with E-state index in [1.807, 2.05) is 84.8 Å². The number of fused-ring (bicyclic) bond motifs is 1. The molecule has 4 rings (SSSR count). The predicted molar refractivity (Wildman–Crippen MR) is 118 cm³/mol. The lowest BCUT2D eigenvalue weighted by Gasteiger charge is -2.21. The highest BCUT2D eigenvalue weighted by atomic mass is 32.1. The number of imidazole rings is 1. The van der Waals surface area contributed by atoms with E-state index in [0.717, 1.165) is 43.8 Å². The Morgan fingerprint density at radius 1 is 1.17 bits per heavy atom. The third kappa shape index (κ3) is 3.51. The number of thiazole rings is 1. The summed E-state index contributed by atoms with van der Waals surface area (Å²) in [6.45, 7) is 6.61. The van der Waals surface area contributed by atoms with Gasteiger partial charge in [0.05, 0.1) is 12.8 Å². The van der Waals surface area contributed by atoms with Crippen LogP contribution >= 0.6 is 11.3 Å². The predicted octanol–water partition coefficient (Wildman–Crippen LogP) is 5.35. The lowest BCUT2D eigenvalue weighted by Crippen LogP contribution is -2.30. The van der Waals surface area contributed by atoms with Gasteiger partial charge >= 0.3 is 0 Å². The van der Waals surface area contributed by atoms with E-state index in [1.54, 1.807) is 7.11 Å². The smallest absolute Gasteiger partial charge is 0.270 e. The van der Waals surface area contributed by atoms with Crippen molar-refractivity contribution in [3.05, 3.63) is 70.9 Å². The Morgan fingerprint density at radius 3 is 2.55 bits per heavy atom. The molecule has 1 amide bonds. The molecule has 0 spiro atoms. The second-order valence-corrected chi connectivity index (χ2v) is 7.89. The molecule has 2 aromatic heterocycles. The molecule has 2 aromatic carbocycles. The highest BCUT2D eigenvalue weighted by molar-refractivity contribution is 7.19. The summed E-state index contributed by atoms with van der Waals surface area (Å²) in [4.78, 5) is 21.4. The maximum atomic E-state index is 13.3. The molecule has 5 nitrogen and oxygen atoms in total. The fourth-order valence-electron chi connectivity index (χ4n) is 3.41. The Bertz CT molecular complexity index is 1170. The summed E-state index contributed by atoms with van der Waals surface area (Å²) < 4.78 is 7.22. The molecule has 0 aliphatic rings. The maximum absolute atomic E-state index is 13.3. The number of benzene rings is 2. The zero-order valence-corrected chi connectivity index (χ0v) is 17.8. The summed E-state index contributed by atoms with van der Waals surface area (Å²) >= 11 is 1.43. The van der Waals surface area contributed by atoms with Crippen LogP contribution in [0.4, 0.5) is 5.69 Å². The fourth-order valence-corrected chi connectivity index (χ4v) is 4.47. The molecule has 0 unspecified atom stereocenters. The van der Waals surface area contributed by atoms with Crippen LogP contribution in [0.25, 0.3) is 16.2 Å². The minimum Gasteiger partial charge on any atom is -0.497 e. The van der Waals surface area contributed by atoms with Gasteiger partial charge < -0.3 is 9.64 Å². The molecule has 0 aliphatic carbocycles. The SMILES string of the molecule is CCN(C(=O)c1sc2nc(-c3ccc(OC)cc3)cn2c1C)c1cccc(C)c1. The van der Waals surface area contributed by atoms with Gasteiger partial charge in [0.25, 0.3) is 5.91 Å². The van der Waals surface area contributed by atoms with E-state index in [0.29, 0.717) is 6.54 Å². The number of carbonyl (C=O) groups is 1. The number of aromatic nitrogens is 2. The number of hydrogen-bond donors (Lipinski definition) is 0. The molecular weight excluding hydrogens is 382 g/mol. The zero-order chi connectivity index (χ0) is 20.5. The lowest BCUT2D eigenvalue weighted by molar-refractivity contribution is 0.0991. The second kappa shape index (κ2) is 7.72. The highest BCUT2D eigenvalue weighted by Crippen LogP contribution is 2.30. The monoisotopic (exact) mass is 405 g/mol. The van der Waals surface area contributed by atoms with Crippen molar-refractivity contribution >= 4 is 27.9 Å². The molecule has 0 fully saturated rings. The number of ether oxygens (including phenoxy) is 1. The van der Waals surface area contributed by atoms with Crippen molar-refractivity contribution in [3.63, 3.8) is 0 Å².